The number of amides is 3. The van der Waals surface area contributed by atoms with E-state index in [9.17, 15) is 14.4 Å². The molecule has 8 heteroatoms. The summed E-state index contributed by atoms with van der Waals surface area (Å²) >= 11 is 6.22. The first kappa shape index (κ1) is 22.4. The molecule has 0 fully saturated rings. The van der Waals surface area contributed by atoms with Crippen LogP contribution in [0.4, 0.5) is 11.4 Å². The Morgan fingerprint density at radius 1 is 1.00 bits per heavy atom. The summed E-state index contributed by atoms with van der Waals surface area (Å²) in [5.41, 5.74) is 3.22. The number of nitrogens with one attached hydrogen (secondary N) is 1. The summed E-state index contributed by atoms with van der Waals surface area (Å²) in [5, 5.41) is 3.16. The van der Waals surface area contributed by atoms with Crippen LogP contribution < -0.4 is 19.7 Å². The molecule has 0 aliphatic carbocycles. The zero-order valence-corrected chi connectivity index (χ0v) is 19.0. The van der Waals surface area contributed by atoms with E-state index in [4.69, 9.17) is 21.1 Å². The predicted octanol–water partition coefficient (Wildman–Crippen LogP) is 4.78. The Balaban J connectivity index is 1.49. The minimum atomic E-state index is -0.426. The Labute approximate surface area is 195 Å². The van der Waals surface area contributed by atoms with Gasteiger partial charge in [0.25, 0.3) is 17.7 Å². The van der Waals surface area contributed by atoms with Gasteiger partial charge in [0.2, 0.25) is 0 Å². The number of aryl methyl sites for hydroxylation is 2. The second-order valence-electron chi connectivity index (χ2n) is 7.61. The second kappa shape index (κ2) is 8.96. The number of hydrogen-bond donors (Lipinski definition) is 1. The molecule has 33 heavy (non-hydrogen) atoms. The maximum Gasteiger partial charge on any atom is 0.266 e. The summed E-state index contributed by atoms with van der Waals surface area (Å²) in [7, 11) is 1.42. The first-order valence-electron chi connectivity index (χ1n) is 10.2. The molecule has 3 aromatic rings. The normalized spacial score (nSPS) is 12.5. The van der Waals surface area contributed by atoms with E-state index in [1.165, 1.54) is 7.11 Å². The molecule has 1 aliphatic rings. The largest absolute Gasteiger partial charge is 0.494 e. The highest BCUT2D eigenvalue weighted by Gasteiger charge is 2.37. The number of imide groups is 1. The molecule has 0 saturated heterocycles. The molecule has 1 heterocycles. The van der Waals surface area contributed by atoms with E-state index in [-0.39, 0.29) is 12.4 Å². The van der Waals surface area contributed by atoms with Gasteiger partial charge in [0, 0.05) is 11.8 Å². The van der Waals surface area contributed by atoms with Crippen molar-refractivity contribution in [3.05, 3.63) is 81.9 Å². The van der Waals surface area contributed by atoms with E-state index in [1.54, 1.807) is 48.5 Å². The van der Waals surface area contributed by atoms with E-state index in [0.29, 0.717) is 33.3 Å². The zero-order chi connectivity index (χ0) is 23.7. The number of benzene rings is 3. The lowest BCUT2D eigenvalue weighted by atomic mass is 10.1. The van der Waals surface area contributed by atoms with Crippen LogP contribution >= 0.6 is 11.6 Å². The van der Waals surface area contributed by atoms with Gasteiger partial charge < -0.3 is 14.8 Å². The number of rotatable bonds is 6. The third kappa shape index (κ3) is 4.27. The standard InChI is InChI=1S/C25H21ClN2O5/c1-14-10-15(2)23(19(26)11-14)33-13-22(29)27-16-8-9-20(21(12-16)32-3)28-24(30)17-6-4-5-7-18(17)25(28)31/h4-12H,13H2,1-3H3,(H,27,29). The van der Waals surface area contributed by atoms with Gasteiger partial charge in [0.1, 0.15) is 11.5 Å². The number of nitrogens with zero attached hydrogens (tertiary/aromatic N) is 1. The highest BCUT2D eigenvalue weighted by atomic mass is 35.5. The molecule has 0 radical (unpaired) electrons. The van der Waals surface area contributed by atoms with Crippen molar-refractivity contribution in [1.29, 1.82) is 0 Å². The zero-order valence-electron chi connectivity index (χ0n) is 18.3. The van der Waals surface area contributed by atoms with Crippen molar-refractivity contribution in [2.24, 2.45) is 0 Å². The van der Waals surface area contributed by atoms with E-state index >= 15 is 0 Å². The van der Waals surface area contributed by atoms with Gasteiger partial charge in [-0.25, -0.2) is 4.90 Å². The molecule has 0 spiro atoms. The van der Waals surface area contributed by atoms with Crippen molar-refractivity contribution < 1.29 is 23.9 Å². The Morgan fingerprint density at radius 3 is 2.27 bits per heavy atom. The molecule has 0 aromatic heterocycles. The summed E-state index contributed by atoms with van der Waals surface area (Å²) < 4.78 is 11.0. The lowest BCUT2D eigenvalue weighted by Crippen LogP contribution is -2.29. The molecule has 0 atom stereocenters. The van der Waals surface area contributed by atoms with Gasteiger partial charge in [-0.3, -0.25) is 14.4 Å². The Bertz CT molecular complexity index is 1230. The van der Waals surface area contributed by atoms with Crippen molar-refractivity contribution in [3.8, 4) is 11.5 Å². The van der Waals surface area contributed by atoms with Crippen molar-refractivity contribution in [3.63, 3.8) is 0 Å². The second-order valence-corrected chi connectivity index (χ2v) is 8.01. The van der Waals surface area contributed by atoms with Crippen LogP contribution in [-0.4, -0.2) is 31.4 Å². The van der Waals surface area contributed by atoms with Gasteiger partial charge in [-0.2, -0.15) is 0 Å². The average molecular weight is 465 g/mol. The van der Waals surface area contributed by atoms with E-state index in [2.05, 4.69) is 5.32 Å². The number of hydrogen-bond acceptors (Lipinski definition) is 5. The van der Waals surface area contributed by atoms with Crippen LogP contribution in [0.15, 0.2) is 54.6 Å². The molecule has 4 rings (SSSR count). The van der Waals surface area contributed by atoms with E-state index < -0.39 is 17.7 Å². The molecular formula is C25H21ClN2O5. The highest BCUT2D eigenvalue weighted by molar-refractivity contribution is 6.35. The Kier molecular flexibility index (Phi) is 6.07. The van der Waals surface area contributed by atoms with Crippen molar-refractivity contribution in [1.82, 2.24) is 0 Å². The highest BCUT2D eigenvalue weighted by Crippen LogP contribution is 2.36. The first-order chi connectivity index (χ1) is 15.8. The number of methoxy groups -OCH3 is 1. The third-order valence-electron chi connectivity index (χ3n) is 5.22. The quantitative estimate of drug-likeness (QED) is 0.530. The third-order valence-corrected chi connectivity index (χ3v) is 5.50. The summed E-state index contributed by atoms with van der Waals surface area (Å²) in [6, 6.07) is 15.0. The fraction of sp³-hybridized carbons (Fsp3) is 0.160. The molecule has 3 aromatic carbocycles. The minimum Gasteiger partial charge on any atom is -0.494 e. The summed E-state index contributed by atoms with van der Waals surface area (Å²) in [6.07, 6.45) is 0. The van der Waals surface area contributed by atoms with E-state index in [0.717, 1.165) is 16.0 Å². The van der Waals surface area contributed by atoms with Crippen molar-refractivity contribution in [2.45, 2.75) is 13.8 Å². The van der Waals surface area contributed by atoms with Gasteiger partial charge in [0.15, 0.2) is 6.61 Å². The van der Waals surface area contributed by atoms with Gasteiger partial charge >= 0.3 is 0 Å². The Morgan fingerprint density at radius 2 is 1.67 bits per heavy atom. The van der Waals surface area contributed by atoms with Crippen LogP contribution in [0.25, 0.3) is 0 Å². The number of carbonyl (C=O) groups excluding carboxylic acids is 3. The fourth-order valence-corrected chi connectivity index (χ4v) is 4.14. The monoisotopic (exact) mass is 464 g/mol. The Hall–Kier alpha value is -3.84. The predicted molar refractivity (Wildman–Crippen MR) is 126 cm³/mol. The van der Waals surface area contributed by atoms with Crippen LogP contribution in [0.3, 0.4) is 0 Å². The maximum atomic E-state index is 12.8. The van der Waals surface area contributed by atoms with Crippen molar-refractivity contribution >= 4 is 40.7 Å². The first-order valence-corrected chi connectivity index (χ1v) is 10.5. The maximum absolute atomic E-state index is 12.8. The van der Waals surface area contributed by atoms with Gasteiger partial charge in [-0.15, -0.1) is 0 Å². The molecular weight excluding hydrogens is 444 g/mol. The number of anilines is 2. The lowest BCUT2D eigenvalue weighted by molar-refractivity contribution is -0.118. The number of halogens is 1. The topological polar surface area (TPSA) is 84.9 Å². The molecule has 0 saturated carbocycles. The van der Waals surface area contributed by atoms with Crippen LogP contribution in [-0.2, 0) is 4.79 Å². The van der Waals surface area contributed by atoms with E-state index in [1.807, 2.05) is 19.9 Å². The van der Waals surface area contributed by atoms with Gasteiger partial charge in [0.05, 0.1) is 28.9 Å². The number of ether oxygens (including phenoxy) is 2. The summed E-state index contributed by atoms with van der Waals surface area (Å²) in [6.45, 7) is 3.54. The fourth-order valence-electron chi connectivity index (χ4n) is 3.77. The average Bonchev–Trinajstić information content (AvgIpc) is 3.03. The number of carbonyl (C=O) groups is 3. The molecule has 1 N–H and O–H groups in total. The molecule has 3 amide bonds. The summed E-state index contributed by atoms with van der Waals surface area (Å²) in [5.74, 6) is -0.535. The van der Waals surface area contributed by atoms with Crippen LogP contribution in [0, 0.1) is 13.8 Å². The van der Waals surface area contributed by atoms with Gasteiger partial charge in [-0.1, -0.05) is 29.8 Å². The SMILES string of the molecule is COc1cc(NC(=O)COc2c(C)cc(C)cc2Cl)ccc1N1C(=O)c2ccccc2C1=O. The number of fused-ring (bicyclic) bond motifs is 1. The molecule has 1 aliphatic heterocycles. The lowest BCUT2D eigenvalue weighted by Gasteiger charge is -2.18. The van der Waals surface area contributed by atoms with Gasteiger partial charge in [-0.05, 0) is 55.3 Å². The molecule has 0 unspecified atom stereocenters. The smallest absolute Gasteiger partial charge is 0.266 e. The molecule has 0 bridgehead atoms. The van der Waals surface area contributed by atoms with Crippen LogP contribution in [0.2, 0.25) is 5.02 Å². The molecule has 7 nitrogen and oxygen atoms in total. The molecule has 168 valence electrons. The minimum absolute atomic E-state index is 0.244. The van der Waals surface area contributed by atoms with Crippen molar-refractivity contribution in [2.75, 3.05) is 23.9 Å². The van der Waals surface area contributed by atoms with Crippen LogP contribution in [0.5, 0.6) is 11.5 Å². The van der Waals surface area contributed by atoms with Crippen LogP contribution in [0.1, 0.15) is 31.8 Å². The summed E-state index contributed by atoms with van der Waals surface area (Å²) in [4.78, 5) is 39.1.